The van der Waals surface area contributed by atoms with Crippen LogP contribution in [0.15, 0.2) is 48.5 Å². The van der Waals surface area contributed by atoms with Crippen molar-refractivity contribution in [1.82, 2.24) is 19.8 Å². The van der Waals surface area contributed by atoms with Gasteiger partial charge in [-0.3, -0.25) is 14.2 Å². The third-order valence-corrected chi connectivity index (χ3v) is 6.58. The van der Waals surface area contributed by atoms with Crippen molar-refractivity contribution in [3.63, 3.8) is 0 Å². The van der Waals surface area contributed by atoms with Gasteiger partial charge in [-0.05, 0) is 68.2 Å². The number of aldehydes is 1. The monoisotopic (exact) mass is 559 g/mol. The van der Waals surface area contributed by atoms with E-state index in [0.29, 0.717) is 46.4 Å². The highest BCUT2D eigenvalue weighted by Crippen LogP contribution is 2.34. The van der Waals surface area contributed by atoms with Crippen molar-refractivity contribution in [2.24, 2.45) is 5.92 Å². The molecule has 11 heteroatoms. The minimum atomic E-state index is -0.416. The zero-order valence-corrected chi connectivity index (χ0v) is 22.8. The van der Waals surface area contributed by atoms with E-state index in [1.807, 2.05) is 6.07 Å². The van der Waals surface area contributed by atoms with Crippen LogP contribution in [0, 0.1) is 5.92 Å². The van der Waals surface area contributed by atoms with E-state index in [1.54, 1.807) is 61.3 Å². The summed E-state index contributed by atoms with van der Waals surface area (Å²) in [6.07, 6.45) is 3.00. The van der Waals surface area contributed by atoms with Crippen LogP contribution in [0.1, 0.15) is 23.3 Å². The largest absolute Gasteiger partial charge is 0.388 e. The fourth-order valence-corrected chi connectivity index (χ4v) is 4.64. The Balaban J connectivity index is 0.00000127. The summed E-state index contributed by atoms with van der Waals surface area (Å²) >= 11 is 12.6. The predicted octanol–water partition coefficient (Wildman–Crippen LogP) is 4.32. The minimum absolute atomic E-state index is 0.0729. The van der Waals surface area contributed by atoms with Crippen LogP contribution in [-0.4, -0.2) is 73.5 Å². The molecule has 1 saturated heterocycles. The molecule has 2 amide bonds. The number of hydrogen-bond donors (Lipinski definition) is 2. The SMILES string of the molecule is COC.O=CCN(CC1CCNCC1)C(=O)c1c(NC=O)nc(-c2ccccc2Cl)n1-c1ccc(Cl)cc1. The first kappa shape index (κ1) is 29.3. The normalized spacial score (nSPS) is 13.3. The van der Waals surface area contributed by atoms with Crippen LogP contribution in [0.4, 0.5) is 5.82 Å². The number of anilines is 1. The standard InChI is InChI=1S/C25H25Cl2N5O3.C2H6O/c26-18-5-7-19(8-6-18)32-22(25(35)31(13-14-33)15-17-9-11-28-12-10-17)23(29-16-34)30-24(32)20-3-1-2-4-21(20)27;1-3-2/h1-8,14,16-17,28H,9-13,15H2,(H,29,34);1-2H3. The number of carbonyl (C=O) groups is 3. The molecule has 1 aliphatic heterocycles. The average Bonchev–Trinajstić information content (AvgIpc) is 3.29. The van der Waals surface area contributed by atoms with Crippen LogP contribution >= 0.6 is 23.2 Å². The average molecular weight is 560 g/mol. The van der Waals surface area contributed by atoms with Gasteiger partial charge in [0.25, 0.3) is 5.91 Å². The van der Waals surface area contributed by atoms with E-state index in [4.69, 9.17) is 23.2 Å². The molecular weight excluding hydrogens is 529 g/mol. The Morgan fingerprint density at radius 3 is 2.39 bits per heavy atom. The third kappa shape index (κ3) is 7.20. The second kappa shape index (κ2) is 14.6. The Morgan fingerprint density at radius 2 is 1.79 bits per heavy atom. The molecule has 0 bridgehead atoms. The Hall–Kier alpha value is -3.24. The number of imidazole rings is 1. The second-order valence-electron chi connectivity index (χ2n) is 8.66. The lowest BCUT2D eigenvalue weighted by Crippen LogP contribution is -2.41. The Bertz CT molecular complexity index is 1230. The molecule has 38 heavy (non-hydrogen) atoms. The van der Waals surface area contributed by atoms with E-state index in [0.717, 1.165) is 25.9 Å². The van der Waals surface area contributed by atoms with Crippen LogP contribution in [0.25, 0.3) is 17.1 Å². The van der Waals surface area contributed by atoms with E-state index in [2.05, 4.69) is 20.4 Å². The van der Waals surface area contributed by atoms with Crippen molar-refractivity contribution in [1.29, 1.82) is 0 Å². The van der Waals surface area contributed by atoms with Crippen LogP contribution < -0.4 is 10.6 Å². The Kier molecular flexibility index (Phi) is 11.3. The lowest BCUT2D eigenvalue weighted by Gasteiger charge is -2.29. The summed E-state index contributed by atoms with van der Waals surface area (Å²) < 4.78 is 5.89. The fraction of sp³-hybridized carbons (Fsp3) is 0.333. The van der Waals surface area contributed by atoms with Gasteiger partial charge in [-0.1, -0.05) is 35.3 Å². The summed E-state index contributed by atoms with van der Waals surface area (Å²) in [6, 6.07) is 14.0. The van der Waals surface area contributed by atoms with Gasteiger partial charge in [0.15, 0.2) is 11.5 Å². The van der Waals surface area contributed by atoms with Gasteiger partial charge in [-0.2, -0.15) is 0 Å². The summed E-state index contributed by atoms with van der Waals surface area (Å²) in [5.41, 5.74) is 1.31. The van der Waals surface area contributed by atoms with E-state index in [1.165, 1.54) is 4.90 Å². The summed E-state index contributed by atoms with van der Waals surface area (Å²) in [4.78, 5) is 43.1. The lowest BCUT2D eigenvalue weighted by atomic mass is 9.97. The summed E-state index contributed by atoms with van der Waals surface area (Å²) in [5.74, 6) is 0.299. The first-order valence-electron chi connectivity index (χ1n) is 12.1. The fourth-order valence-electron chi connectivity index (χ4n) is 4.29. The van der Waals surface area contributed by atoms with Gasteiger partial charge in [0.2, 0.25) is 6.41 Å². The highest BCUT2D eigenvalue weighted by molar-refractivity contribution is 6.33. The van der Waals surface area contributed by atoms with Crippen LogP contribution in [0.2, 0.25) is 10.0 Å². The molecule has 3 aromatic rings. The molecule has 1 aromatic heterocycles. The van der Waals surface area contributed by atoms with E-state index < -0.39 is 5.91 Å². The number of carbonyl (C=O) groups excluding carboxylic acids is 3. The van der Waals surface area contributed by atoms with Crippen molar-refractivity contribution in [2.75, 3.05) is 45.7 Å². The molecule has 202 valence electrons. The number of amides is 2. The first-order valence-corrected chi connectivity index (χ1v) is 12.9. The number of rotatable bonds is 9. The quantitative estimate of drug-likeness (QED) is 0.378. The maximum Gasteiger partial charge on any atom is 0.275 e. The summed E-state index contributed by atoms with van der Waals surface area (Å²) in [7, 11) is 3.25. The number of methoxy groups -OCH3 is 1. The van der Waals surface area contributed by atoms with E-state index in [-0.39, 0.29) is 24.0 Å². The van der Waals surface area contributed by atoms with Gasteiger partial charge in [-0.25, -0.2) is 4.98 Å². The minimum Gasteiger partial charge on any atom is -0.388 e. The molecule has 1 aliphatic rings. The van der Waals surface area contributed by atoms with Crippen molar-refractivity contribution >= 4 is 47.6 Å². The van der Waals surface area contributed by atoms with Gasteiger partial charge < -0.3 is 25.1 Å². The van der Waals surface area contributed by atoms with Crippen molar-refractivity contribution in [3.8, 4) is 17.1 Å². The zero-order chi connectivity index (χ0) is 27.5. The summed E-state index contributed by atoms with van der Waals surface area (Å²) in [6.45, 7) is 2.08. The number of halogens is 2. The number of nitrogens with zero attached hydrogens (tertiary/aromatic N) is 3. The molecule has 0 unspecified atom stereocenters. The molecule has 2 aromatic carbocycles. The predicted molar refractivity (Wildman–Crippen MR) is 149 cm³/mol. The van der Waals surface area contributed by atoms with Crippen molar-refractivity contribution in [2.45, 2.75) is 12.8 Å². The molecule has 1 fully saturated rings. The highest BCUT2D eigenvalue weighted by atomic mass is 35.5. The molecule has 0 saturated carbocycles. The molecule has 4 rings (SSSR count). The molecule has 2 heterocycles. The van der Waals surface area contributed by atoms with Gasteiger partial charge in [0.1, 0.15) is 12.1 Å². The van der Waals surface area contributed by atoms with Gasteiger partial charge in [-0.15, -0.1) is 0 Å². The van der Waals surface area contributed by atoms with Crippen molar-refractivity contribution in [3.05, 3.63) is 64.3 Å². The molecule has 0 atom stereocenters. The number of piperidine rings is 1. The van der Waals surface area contributed by atoms with Crippen molar-refractivity contribution < 1.29 is 19.1 Å². The maximum absolute atomic E-state index is 14.0. The molecule has 2 N–H and O–H groups in total. The Morgan fingerprint density at radius 1 is 1.13 bits per heavy atom. The molecule has 0 radical (unpaired) electrons. The first-order chi connectivity index (χ1) is 18.4. The Labute approximate surface area is 232 Å². The number of ether oxygens (including phenoxy) is 1. The third-order valence-electron chi connectivity index (χ3n) is 5.99. The van der Waals surface area contributed by atoms with E-state index >= 15 is 0 Å². The number of hydrogen-bond acceptors (Lipinski definition) is 6. The number of benzene rings is 2. The zero-order valence-electron chi connectivity index (χ0n) is 21.3. The molecule has 9 nitrogen and oxygen atoms in total. The smallest absolute Gasteiger partial charge is 0.275 e. The molecular formula is C27H31Cl2N5O4. The van der Waals surface area contributed by atoms with Crippen LogP contribution in [0.5, 0.6) is 0 Å². The number of nitrogens with one attached hydrogen (secondary N) is 2. The molecule has 0 spiro atoms. The number of aromatic nitrogens is 2. The van der Waals surface area contributed by atoms with Crippen LogP contribution in [0.3, 0.4) is 0 Å². The molecule has 0 aliphatic carbocycles. The lowest BCUT2D eigenvalue weighted by molar-refractivity contribution is -0.108. The topological polar surface area (TPSA) is 106 Å². The van der Waals surface area contributed by atoms with E-state index in [9.17, 15) is 14.4 Å². The van der Waals surface area contributed by atoms with Crippen LogP contribution in [-0.2, 0) is 14.3 Å². The maximum atomic E-state index is 14.0. The second-order valence-corrected chi connectivity index (χ2v) is 9.51. The summed E-state index contributed by atoms with van der Waals surface area (Å²) in [5, 5.41) is 6.83. The van der Waals surface area contributed by atoms with Gasteiger partial charge in [0, 0.05) is 37.0 Å². The van der Waals surface area contributed by atoms with Gasteiger partial charge in [0.05, 0.1) is 11.6 Å². The highest BCUT2D eigenvalue weighted by Gasteiger charge is 2.30. The van der Waals surface area contributed by atoms with Gasteiger partial charge >= 0.3 is 0 Å².